The summed E-state index contributed by atoms with van der Waals surface area (Å²) in [5.41, 5.74) is 2.59. The van der Waals surface area contributed by atoms with Gasteiger partial charge in [-0.2, -0.15) is 0 Å². The summed E-state index contributed by atoms with van der Waals surface area (Å²) in [5, 5.41) is 1.35. The first-order valence-corrected chi connectivity index (χ1v) is 9.69. The van der Waals surface area contributed by atoms with E-state index in [0.717, 1.165) is 26.5 Å². The number of fused-ring (bicyclic) bond motifs is 2. The van der Waals surface area contributed by atoms with E-state index in [1.165, 1.54) is 11.8 Å². The maximum Gasteiger partial charge on any atom is 0.262 e. The Bertz CT molecular complexity index is 1100. The minimum absolute atomic E-state index is 0.00805. The Morgan fingerprint density at radius 2 is 2.08 bits per heavy atom. The van der Waals surface area contributed by atoms with Crippen molar-refractivity contribution in [3.05, 3.63) is 69.3 Å². The number of pyridine rings is 1. The highest BCUT2D eigenvalue weighted by Crippen LogP contribution is 2.23. The van der Waals surface area contributed by atoms with Crippen molar-refractivity contribution in [1.29, 1.82) is 0 Å². The molecule has 0 saturated heterocycles. The van der Waals surface area contributed by atoms with Crippen molar-refractivity contribution in [3.8, 4) is 0 Å². The van der Waals surface area contributed by atoms with Crippen LogP contribution < -0.4 is 5.56 Å². The molecule has 0 spiro atoms. The van der Waals surface area contributed by atoms with Crippen molar-refractivity contribution in [3.63, 3.8) is 0 Å². The van der Waals surface area contributed by atoms with Crippen LogP contribution in [0.15, 0.2) is 63.2 Å². The number of halogens is 1. The molecule has 0 fully saturated rings. The topological polar surface area (TPSA) is 52.2 Å². The van der Waals surface area contributed by atoms with Crippen LogP contribution >= 0.6 is 27.7 Å². The highest BCUT2D eigenvalue weighted by molar-refractivity contribution is 9.10. The number of hydrogen-bond donors (Lipinski definition) is 0. The van der Waals surface area contributed by atoms with Crippen LogP contribution in [0.5, 0.6) is 0 Å². The Morgan fingerprint density at radius 3 is 2.88 bits per heavy atom. The molecular weight excluding hydrogens is 400 g/mol. The third kappa shape index (κ3) is 3.09. The average molecular weight is 415 g/mol. The van der Waals surface area contributed by atoms with E-state index >= 15 is 0 Å². The summed E-state index contributed by atoms with van der Waals surface area (Å²) in [6.45, 7) is 2.55. The number of aromatic nitrogens is 4. The first-order valence-electron chi connectivity index (χ1n) is 7.91. The van der Waals surface area contributed by atoms with Gasteiger partial charge < -0.3 is 4.40 Å². The van der Waals surface area contributed by atoms with Gasteiger partial charge in [-0.25, -0.2) is 9.97 Å². The van der Waals surface area contributed by atoms with Gasteiger partial charge in [0, 0.05) is 29.2 Å². The van der Waals surface area contributed by atoms with Crippen LogP contribution in [0.1, 0.15) is 12.6 Å². The Balaban J connectivity index is 1.70. The molecule has 4 aromatic rings. The molecule has 3 aromatic heterocycles. The molecule has 1 aromatic carbocycles. The van der Waals surface area contributed by atoms with E-state index in [2.05, 4.69) is 25.9 Å². The number of rotatable bonds is 4. The fourth-order valence-corrected chi connectivity index (χ4v) is 4.06. The number of nitrogens with zero attached hydrogens (tertiary/aromatic N) is 4. The van der Waals surface area contributed by atoms with Gasteiger partial charge in [0.25, 0.3) is 5.56 Å². The lowest BCUT2D eigenvalue weighted by Crippen LogP contribution is -2.22. The van der Waals surface area contributed by atoms with Gasteiger partial charge in [0.1, 0.15) is 5.65 Å². The molecule has 0 unspecified atom stereocenters. The highest BCUT2D eigenvalue weighted by Gasteiger charge is 2.12. The second kappa shape index (κ2) is 6.65. The Labute approximate surface area is 156 Å². The van der Waals surface area contributed by atoms with Gasteiger partial charge in [0.05, 0.1) is 16.6 Å². The average Bonchev–Trinajstić information content (AvgIpc) is 3.03. The van der Waals surface area contributed by atoms with Gasteiger partial charge in [-0.05, 0) is 37.3 Å². The molecule has 0 aliphatic rings. The second-order valence-electron chi connectivity index (χ2n) is 5.59. The molecule has 0 bridgehead atoms. The molecule has 0 N–H and O–H groups in total. The monoisotopic (exact) mass is 414 g/mol. The molecule has 126 valence electrons. The SMILES string of the molecule is CCn1c(SCc2cn3ccccc3n2)nc2ccc(Br)cc2c1=O. The molecule has 0 aliphatic heterocycles. The number of hydrogen-bond acceptors (Lipinski definition) is 4. The van der Waals surface area contributed by atoms with Gasteiger partial charge in [0.15, 0.2) is 5.16 Å². The fraction of sp³-hybridized carbons (Fsp3) is 0.167. The lowest BCUT2D eigenvalue weighted by molar-refractivity contribution is 0.634. The maximum atomic E-state index is 12.8. The van der Waals surface area contributed by atoms with Crippen LogP contribution in [0.25, 0.3) is 16.6 Å². The predicted octanol–water partition coefficient (Wildman–Crippen LogP) is 4.12. The van der Waals surface area contributed by atoms with E-state index in [1.807, 2.05) is 60.1 Å². The molecule has 7 heteroatoms. The van der Waals surface area contributed by atoms with Crippen LogP contribution in [-0.4, -0.2) is 18.9 Å². The Hall–Kier alpha value is -2.12. The minimum Gasteiger partial charge on any atom is -0.307 e. The fourth-order valence-electron chi connectivity index (χ4n) is 2.76. The molecular formula is C18H15BrN4OS. The molecule has 0 radical (unpaired) electrons. The number of imidazole rings is 1. The van der Waals surface area contributed by atoms with Crippen LogP contribution in [-0.2, 0) is 12.3 Å². The van der Waals surface area contributed by atoms with E-state index in [4.69, 9.17) is 0 Å². The van der Waals surface area contributed by atoms with Crippen molar-refractivity contribution in [1.82, 2.24) is 18.9 Å². The molecule has 25 heavy (non-hydrogen) atoms. The van der Waals surface area contributed by atoms with E-state index in [1.54, 1.807) is 4.57 Å². The maximum absolute atomic E-state index is 12.8. The van der Waals surface area contributed by atoms with Crippen molar-refractivity contribution in [2.75, 3.05) is 0 Å². The molecule has 3 heterocycles. The van der Waals surface area contributed by atoms with Crippen molar-refractivity contribution in [2.45, 2.75) is 24.4 Å². The lowest BCUT2D eigenvalue weighted by atomic mass is 10.2. The first kappa shape index (κ1) is 16.4. The smallest absolute Gasteiger partial charge is 0.262 e. The Kier molecular flexibility index (Phi) is 4.35. The molecule has 4 rings (SSSR count). The summed E-state index contributed by atoms with van der Waals surface area (Å²) >= 11 is 4.96. The zero-order chi connectivity index (χ0) is 17.4. The second-order valence-corrected chi connectivity index (χ2v) is 7.45. The highest BCUT2D eigenvalue weighted by atomic mass is 79.9. The van der Waals surface area contributed by atoms with Crippen LogP contribution in [0, 0.1) is 0 Å². The third-order valence-corrected chi connectivity index (χ3v) is 5.46. The summed E-state index contributed by atoms with van der Waals surface area (Å²) in [5.74, 6) is 0.663. The molecule has 5 nitrogen and oxygen atoms in total. The normalized spacial score (nSPS) is 11.4. The van der Waals surface area contributed by atoms with Gasteiger partial charge in [0.2, 0.25) is 0 Å². The zero-order valence-electron chi connectivity index (χ0n) is 13.5. The molecule has 0 saturated carbocycles. The van der Waals surface area contributed by atoms with E-state index in [9.17, 15) is 4.79 Å². The largest absolute Gasteiger partial charge is 0.307 e. The summed E-state index contributed by atoms with van der Waals surface area (Å²) in [4.78, 5) is 22.0. The van der Waals surface area contributed by atoms with E-state index in [-0.39, 0.29) is 5.56 Å². The van der Waals surface area contributed by atoms with Crippen molar-refractivity contribution in [2.24, 2.45) is 0 Å². The summed E-state index contributed by atoms with van der Waals surface area (Å²) in [6, 6.07) is 11.5. The molecule has 0 atom stereocenters. The summed E-state index contributed by atoms with van der Waals surface area (Å²) in [6.07, 6.45) is 3.99. The predicted molar refractivity (Wildman–Crippen MR) is 104 cm³/mol. The zero-order valence-corrected chi connectivity index (χ0v) is 15.9. The quantitative estimate of drug-likeness (QED) is 0.372. The number of benzene rings is 1. The van der Waals surface area contributed by atoms with Crippen LogP contribution in [0.2, 0.25) is 0 Å². The molecule has 0 aliphatic carbocycles. The first-order chi connectivity index (χ1) is 12.2. The van der Waals surface area contributed by atoms with Crippen LogP contribution in [0.4, 0.5) is 0 Å². The summed E-state index contributed by atoms with van der Waals surface area (Å²) < 4.78 is 4.59. The van der Waals surface area contributed by atoms with E-state index < -0.39 is 0 Å². The van der Waals surface area contributed by atoms with Gasteiger partial charge in [-0.1, -0.05) is 33.8 Å². The Morgan fingerprint density at radius 1 is 1.20 bits per heavy atom. The van der Waals surface area contributed by atoms with Gasteiger partial charge in [-0.15, -0.1) is 0 Å². The van der Waals surface area contributed by atoms with Crippen molar-refractivity contribution >= 4 is 44.2 Å². The lowest BCUT2D eigenvalue weighted by Gasteiger charge is -2.10. The number of thioether (sulfide) groups is 1. The minimum atomic E-state index is -0.00805. The van der Waals surface area contributed by atoms with E-state index in [0.29, 0.717) is 17.7 Å². The standard InChI is InChI=1S/C18H15BrN4OS/c1-2-23-17(24)14-9-12(19)6-7-15(14)21-18(23)25-11-13-10-22-8-4-3-5-16(22)20-13/h3-10H,2,11H2,1H3. The van der Waals surface area contributed by atoms with Gasteiger partial charge >= 0.3 is 0 Å². The molecule has 0 amide bonds. The summed E-state index contributed by atoms with van der Waals surface area (Å²) in [7, 11) is 0. The van der Waals surface area contributed by atoms with Gasteiger partial charge in [-0.3, -0.25) is 9.36 Å². The van der Waals surface area contributed by atoms with Crippen LogP contribution in [0.3, 0.4) is 0 Å². The third-order valence-electron chi connectivity index (χ3n) is 3.96. The van der Waals surface area contributed by atoms with Crippen molar-refractivity contribution < 1.29 is 0 Å².